The van der Waals surface area contributed by atoms with E-state index in [9.17, 15) is 0 Å². The second kappa shape index (κ2) is 13.7. The molecule has 2 aromatic heterocycles. The molecule has 3 rings (SSSR count). The lowest BCUT2D eigenvalue weighted by Crippen LogP contribution is -2.21. The van der Waals surface area contributed by atoms with Crippen molar-refractivity contribution >= 4 is 11.5 Å². The van der Waals surface area contributed by atoms with E-state index >= 15 is 0 Å². The number of aromatic nitrogens is 2. The lowest BCUT2D eigenvalue weighted by atomic mass is 10.2. The maximum absolute atomic E-state index is 8.70. The maximum atomic E-state index is 8.70. The number of anilines is 2. The van der Waals surface area contributed by atoms with E-state index in [-0.39, 0.29) is 0 Å². The Bertz CT molecular complexity index is 817. The van der Waals surface area contributed by atoms with Crippen LogP contribution in [0.1, 0.15) is 17.7 Å². The fourth-order valence-electron chi connectivity index (χ4n) is 2.56. The number of rotatable bonds is 9. The van der Waals surface area contributed by atoms with Gasteiger partial charge in [-0.1, -0.05) is 42.5 Å². The van der Waals surface area contributed by atoms with E-state index in [1.165, 1.54) is 0 Å². The number of nitriles is 1. The Balaban J connectivity index is 0.000000426. The lowest BCUT2D eigenvalue weighted by Gasteiger charge is -2.10. The topological polar surface area (TPSA) is 85.7 Å². The minimum absolute atomic E-state index is 0.462. The van der Waals surface area contributed by atoms with Gasteiger partial charge < -0.3 is 16.0 Å². The summed E-state index contributed by atoms with van der Waals surface area (Å²) in [7, 11) is 1.87. The predicted octanol–water partition coefficient (Wildman–Crippen LogP) is 3.71. The first kappa shape index (κ1) is 21.9. The number of benzene rings is 1. The molecule has 3 N–H and O–H groups in total. The minimum Gasteiger partial charge on any atom is -0.382 e. The molecule has 6 heteroatoms. The van der Waals surface area contributed by atoms with Crippen LogP contribution in [-0.4, -0.2) is 36.6 Å². The molecule has 2 heterocycles. The van der Waals surface area contributed by atoms with Crippen LogP contribution >= 0.6 is 0 Å². The number of nitrogens with one attached hydrogen (secondary N) is 3. The molecule has 0 bridgehead atoms. The van der Waals surface area contributed by atoms with Gasteiger partial charge in [0.25, 0.3) is 0 Å². The van der Waals surface area contributed by atoms with E-state index in [0.717, 1.165) is 49.5 Å². The van der Waals surface area contributed by atoms with E-state index in [2.05, 4.69) is 25.9 Å². The van der Waals surface area contributed by atoms with E-state index in [0.29, 0.717) is 5.69 Å². The van der Waals surface area contributed by atoms with E-state index in [4.69, 9.17) is 5.26 Å². The van der Waals surface area contributed by atoms with Gasteiger partial charge in [-0.2, -0.15) is 5.26 Å². The molecule has 0 saturated carbocycles. The fourth-order valence-corrected chi connectivity index (χ4v) is 2.56. The highest BCUT2D eigenvalue weighted by atomic mass is 15.0. The van der Waals surface area contributed by atoms with Gasteiger partial charge in [-0.15, -0.1) is 0 Å². The molecule has 0 spiro atoms. The summed E-state index contributed by atoms with van der Waals surface area (Å²) in [4.78, 5) is 8.32. The number of hydrogen-bond acceptors (Lipinski definition) is 6. The zero-order valence-corrected chi connectivity index (χ0v) is 16.8. The maximum Gasteiger partial charge on any atom is 0.149 e. The third kappa shape index (κ3) is 8.87. The van der Waals surface area contributed by atoms with Crippen LogP contribution in [0.5, 0.6) is 0 Å². The summed E-state index contributed by atoms with van der Waals surface area (Å²) in [6.45, 7) is 2.75. The first-order valence-electron chi connectivity index (χ1n) is 9.76. The van der Waals surface area contributed by atoms with Gasteiger partial charge in [0.2, 0.25) is 0 Å². The Hall–Kier alpha value is -3.43. The smallest absolute Gasteiger partial charge is 0.149 e. The summed E-state index contributed by atoms with van der Waals surface area (Å²) < 4.78 is 0. The van der Waals surface area contributed by atoms with Crippen molar-refractivity contribution in [3.63, 3.8) is 0 Å². The Morgan fingerprint density at radius 3 is 2.28 bits per heavy atom. The third-order valence-corrected chi connectivity index (χ3v) is 4.09. The second-order valence-electron chi connectivity index (χ2n) is 6.25. The summed E-state index contributed by atoms with van der Waals surface area (Å²) in [6, 6.07) is 21.7. The van der Waals surface area contributed by atoms with Crippen LogP contribution in [0, 0.1) is 11.3 Å². The molecule has 0 saturated heterocycles. The molecule has 0 radical (unpaired) electrons. The highest BCUT2D eigenvalue weighted by Crippen LogP contribution is 2.16. The quantitative estimate of drug-likeness (QED) is 0.485. The Labute approximate surface area is 173 Å². The average Bonchev–Trinajstić information content (AvgIpc) is 2.80. The molecule has 1 aromatic carbocycles. The molecular formula is C23H28N6. The van der Waals surface area contributed by atoms with Crippen LogP contribution in [0.3, 0.4) is 0 Å². The minimum atomic E-state index is 0.462. The van der Waals surface area contributed by atoms with Gasteiger partial charge in [-0.05, 0) is 49.7 Å². The van der Waals surface area contributed by atoms with Crippen LogP contribution in [0.2, 0.25) is 0 Å². The highest BCUT2D eigenvalue weighted by molar-refractivity contribution is 5.63. The van der Waals surface area contributed by atoms with Crippen LogP contribution < -0.4 is 16.0 Å². The Kier molecular flexibility index (Phi) is 10.3. The van der Waals surface area contributed by atoms with Crippen LogP contribution in [0.15, 0.2) is 73.1 Å². The molecule has 3 aromatic rings. The van der Waals surface area contributed by atoms with E-state index in [1.807, 2.05) is 67.7 Å². The zero-order chi connectivity index (χ0) is 20.6. The van der Waals surface area contributed by atoms with Crippen molar-refractivity contribution in [3.05, 3.63) is 84.3 Å². The van der Waals surface area contributed by atoms with Gasteiger partial charge >= 0.3 is 0 Å². The van der Waals surface area contributed by atoms with Gasteiger partial charge in [-0.25, -0.2) is 9.97 Å². The SMILES string of the molecule is CNc1ncccc1NCCCNCCc1ccc(C#N)nc1.c1ccccc1. The number of pyridine rings is 2. The second-order valence-corrected chi connectivity index (χ2v) is 6.25. The standard InChI is InChI=1S/C17H22N6.C6H6/c1-19-17-16(4-2-9-22-17)21-10-3-8-20-11-7-14-5-6-15(12-18)23-13-14;1-2-4-6-5-3-1/h2,4-6,9,13,20-21H,3,7-8,10-11H2,1H3,(H,19,22);1-6H. The van der Waals surface area contributed by atoms with Crippen LogP contribution in [0.4, 0.5) is 11.5 Å². The first-order valence-corrected chi connectivity index (χ1v) is 9.76. The van der Waals surface area contributed by atoms with E-state index in [1.54, 1.807) is 18.5 Å². The molecule has 0 fully saturated rings. The van der Waals surface area contributed by atoms with Crippen molar-refractivity contribution in [2.24, 2.45) is 0 Å². The summed E-state index contributed by atoms with van der Waals surface area (Å²) >= 11 is 0. The van der Waals surface area contributed by atoms with Crippen LogP contribution in [0.25, 0.3) is 0 Å². The van der Waals surface area contributed by atoms with Gasteiger partial charge in [-0.3, -0.25) is 0 Å². The van der Waals surface area contributed by atoms with Gasteiger partial charge in [0.1, 0.15) is 17.6 Å². The van der Waals surface area contributed by atoms with Gasteiger partial charge in [0.05, 0.1) is 5.69 Å². The molecule has 0 aliphatic carbocycles. The molecule has 29 heavy (non-hydrogen) atoms. The monoisotopic (exact) mass is 388 g/mol. The van der Waals surface area contributed by atoms with Crippen LogP contribution in [-0.2, 0) is 6.42 Å². The summed E-state index contributed by atoms with van der Waals surface area (Å²) in [6.07, 6.45) is 5.49. The molecule has 150 valence electrons. The van der Waals surface area contributed by atoms with Crippen molar-refractivity contribution in [2.45, 2.75) is 12.8 Å². The van der Waals surface area contributed by atoms with Crippen molar-refractivity contribution in [3.8, 4) is 6.07 Å². The van der Waals surface area contributed by atoms with Crippen molar-refractivity contribution in [2.75, 3.05) is 37.3 Å². The molecule has 0 aliphatic rings. The Morgan fingerprint density at radius 2 is 1.66 bits per heavy atom. The summed E-state index contributed by atoms with van der Waals surface area (Å²) in [5, 5.41) is 18.6. The lowest BCUT2D eigenvalue weighted by molar-refractivity contribution is 0.659. The molecule has 0 unspecified atom stereocenters. The summed E-state index contributed by atoms with van der Waals surface area (Å²) in [5.41, 5.74) is 2.63. The normalized spacial score (nSPS) is 9.66. The van der Waals surface area contributed by atoms with Crippen molar-refractivity contribution in [1.82, 2.24) is 15.3 Å². The molecule has 0 amide bonds. The summed E-state index contributed by atoms with van der Waals surface area (Å²) in [5.74, 6) is 0.869. The first-order chi connectivity index (χ1) is 14.3. The van der Waals surface area contributed by atoms with Gasteiger partial charge in [0.15, 0.2) is 0 Å². The molecule has 6 nitrogen and oxygen atoms in total. The van der Waals surface area contributed by atoms with Gasteiger partial charge in [0, 0.05) is 26.0 Å². The number of hydrogen-bond donors (Lipinski definition) is 3. The fraction of sp³-hybridized carbons (Fsp3) is 0.261. The number of nitrogens with zero attached hydrogens (tertiary/aromatic N) is 3. The highest BCUT2D eigenvalue weighted by Gasteiger charge is 1.99. The zero-order valence-electron chi connectivity index (χ0n) is 16.8. The predicted molar refractivity (Wildman–Crippen MR) is 119 cm³/mol. The Morgan fingerprint density at radius 1 is 0.897 bits per heavy atom. The molecular weight excluding hydrogens is 360 g/mol. The molecule has 0 atom stereocenters. The van der Waals surface area contributed by atoms with E-state index < -0.39 is 0 Å². The van der Waals surface area contributed by atoms with Crippen molar-refractivity contribution < 1.29 is 0 Å². The largest absolute Gasteiger partial charge is 0.382 e. The third-order valence-electron chi connectivity index (χ3n) is 4.09. The average molecular weight is 389 g/mol. The van der Waals surface area contributed by atoms with Crippen molar-refractivity contribution in [1.29, 1.82) is 5.26 Å². The molecule has 0 aliphatic heterocycles.